The largest absolute Gasteiger partial charge is 0.294 e. The lowest BCUT2D eigenvalue weighted by Gasteiger charge is -2.26. The fourth-order valence-electron chi connectivity index (χ4n) is 6.83. The zero-order valence-corrected chi connectivity index (χ0v) is 28.4. The van der Waals surface area contributed by atoms with Crippen molar-refractivity contribution in [1.82, 2.24) is 0 Å². The highest BCUT2D eigenvalue weighted by Gasteiger charge is 2.41. The van der Waals surface area contributed by atoms with E-state index in [1.165, 1.54) is 0 Å². The molecular formula is C42H28Cl2Si2. The van der Waals surface area contributed by atoms with Crippen molar-refractivity contribution in [2.45, 2.75) is 0 Å². The quantitative estimate of drug-likeness (QED) is 0.101. The minimum absolute atomic E-state index is 1.08. The van der Waals surface area contributed by atoms with E-state index in [1.54, 1.807) is 0 Å². The summed E-state index contributed by atoms with van der Waals surface area (Å²) >= 11 is 16.4. The third-order valence-electron chi connectivity index (χ3n) is 9.05. The lowest BCUT2D eigenvalue weighted by Crippen LogP contribution is -2.57. The van der Waals surface area contributed by atoms with E-state index in [0.717, 1.165) is 63.8 Å². The van der Waals surface area contributed by atoms with Crippen LogP contribution in [0, 0.1) is 11.1 Å². The molecule has 0 aliphatic rings. The smallest absolute Gasteiger partial charge is 0.138 e. The molecular weight excluding hydrogens is 632 g/mol. The molecule has 8 aromatic rings. The van der Waals surface area contributed by atoms with E-state index >= 15 is 0 Å². The van der Waals surface area contributed by atoms with Gasteiger partial charge < -0.3 is 0 Å². The molecule has 8 rings (SSSR count). The SMILES string of the molecule is Cl[Si](C#C[Si](Cl)(c1cccc2ccccc12)c1cccc2ccccc12)(c1cccc2ccccc12)c1cccc2ccccc12. The molecule has 0 aromatic heterocycles. The van der Waals surface area contributed by atoms with Crippen molar-refractivity contribution in [1.29, 1.82) is 0 Å². The first-order valence-corrected chi connectivity index (χ1v) is 21.4. The fourth-order valence-corrected chi connectivity index (χ4v) is 15.9. The van der Waals surface area contributed by atoms with Gasteiger partial charge in [0.25, 0.3) is 14.8 Å². The van der Waals surface area contributed by atoms with Gasteiger partial charge in [-0.15, -0.1) is 33.2 Å². The van der Waals surface area contributed by atoms with Crippen molar-refractivity contribution in [2.24, 2.45) is 0 Å². The second kappa shape index (κ2) is 11.6. The van der Waals surface area contributed by atoms with Gasteiger partial charge in [0.1, 0.15) is 0 Å². The van der Waals surface area contributed by atoms with Crippen LogP contribution in [0.3, 0.4) is 0 Å². The number of benzene rings is 8. The summed E-state index contributed by atoms with van der Waals surface area (Å²) < 4.78 is 0. The first-order valence-electron chi connectivity index (χ1n) is 15.4. The molecule has 0 unspecified atom stereocenters. The van der Waals surface area contributed by atoms with E-state index in [9.17, 15) is 0 Å². The molecule has 46 heavy (non-hydrogen) atoms. The highest BCUT2D eigenvalue weighted by Crippen LogP contribution is 2.25. The first kappa shape index (κ1) is 28.8. The summed E-state index contributed by atoms with van der Waals surface area (Å²) in [5.74, 6) is 0. The second-order valence-corrected chi connectivity index (χ2v) is 20.4. The van der Waals surface area contributed by atoms with E-state index in [2.05, 4.69) is 181 Å². The zero-order chi connectivity index (χ0) is 31.1. The summed E-state index contributed by atoms with van der Waals surface area (Å²) in [7, 11) is -6.56. The molecule has 218 valence electrons. The van der Waals surface area contributed by atoms with Crippen LogP contribution in [-0.4, -0.2) is 14.8 Å². The van der Waals surface area contributed by atoms with Crippen LogP contribution in [0.2, 0.25) is 0 Å². The van der Waals surface area contributed by atoms with Crippen molar-refractivity contribution in [3.8, 4) is 11.1 Å². The Bertz CT molecular complexity index is 2140. The maximum absolute atomic E-state index is 8.19. The predicted molar refractivity (Wildman–Crippen MR) is 205 cm³/mol. The van der Waals surface area contributed by atoms with Crippen molar-refractivity contribution in [3.63, 3.8) is 0 Å². The topological polar surface area (TPSA) is 0 Å². The number of halogens is 2. The van der Waals surface area contributed by atoms with Crippen LogP contribution in [0.5, 0.6) is 0 Å². The van der Waals surface area contributed by atoms with Crippen LogP contribution >= 0.6 is 22.2 Å². The molecule has 0 N–H and O–H groups in total. The Labute approximate surface area is 280 Å². The summed E-state index contributed by atoms with van der Waals surface area (Å²) in [5, 5.41) is 13.5. The third-order valence-corrected chi connectivity index (χ3v) is 18.0. The van der Waals surface area contributed by atoms with E-state index in [1.807, 2.05) is 0 Å². The van der Waals surface area contributed by atoms with Crippen LogP contribution in [0.25, 0.3) is 43.1 Å². The summed E-state index contributed by atoms with van der Waals surface area (Å²) in [6.45, 7) is 0. The Morgan fingerprint density at radius 2 is 0.500 bits per heavy atom. The van der Waals surface area contributed by atoms with Crippen LogP contribution in [-0.2, 0) is 0 Å². The van der Waals surface area contributed by atoms with Crippen LogP contribution in [0.15, 0.2) is 170 Å². The summed E-state index contributed by atoms with van der Waals surface area (Å²) in [4.78, 5) is 0. The highest BCUT2D eigenvalue weighted by atomic mass is 35.6. The molecule has 0 saturated heterocycles. The van der Waals surface area contributed by atoms with E-state index in [-0.39, 0.29) is 0 Å². The molecule has 8 aromatic carbocycles. The van der Waals surface area contributed by atoms with Gasteiger partial charge >= 0.3 is 0 Å². The zero-order valence-electron chi connectivity index (χ0n) is 24.9. The van der Waals surface area contributed by atoms with Gasteiger partial charge in [-0.2, -0.15) is 0 Å². The molecule has 0 atom stereocenters. The van der Waals surface area contributed by atoms with Crippen molar-refractivity contribution in [3.05, 3.63) is 170 Å². The second-order valence-electron chi connectivity index (χ2n) is 11.7. The van der Waals surface area contributed by atoms with E-state index in [0.29, 0.717) is 0 Å². The number of fused-ring (bicyclic) bond motifs is 4. The molecule has 4 heteroatoms. The standard InChI is InChI=1S/C42H28Cl2Si2/c43-45(39-25-9-17-31-13-1-5-21-35(31)39,40-26-10-18-32-14-2-6-22-36(32)40)29-30-46(44,41-27-11-19-33-15-3-7-23-37(33)41)42-28-12-20-34-16-4-8-24-38(34)42/h1-28H. The molecule has 0 fully saturated rings. The Morgan fingerprint density at radius 1 is 0.283 bits per heavy atom. The molecule has 0 aliphatic carbocycles. The Kier molecular flexibility index (Phi) is 7.28. The molecule has 0 nitrogen and oxygen atoms in total. The van der Waals surface area contributed by atoms with Crippen LogP contribution in [0.1, 0.15) is 0 Å². The maximum atomic E-state index is 8.19. The van der Waals surface area contributed by atoms with Gasteiger partial charge in [0, 0.05) is 0 Å². The summed E-state index contributed by atoms with van der Waals surface area (Å²) in [5.41, 5.74) is 7.73. The van der Waals surface area contributed by atoms with Gasteiger partial charge in [-0.25, -0.2) is 0 Å². The monoisotopic (exact) mass is 658 g/mol. The van der Waals surface area contributed by atoms with Crippen molar-refractivity contribution >= 4 is 101 Å². The Hall–Kier alpha value is -4.63. The van der Waals surface area contributed by atoms with E-state index in [4.69, 9.17) is 22.2 Å². The fraction of sp³-hybridized carbons (Fsp3) is 0. The molecule has 0 radical (unpaired) electrons. The summed E-state index contributed by atoms with van der Waals surface area (Å²) in [6, 6.07) is 59.6. The average molecular weight is 660 g/mol. The van der Waals surface area contributed by atoms with Gasteiger partial charge in [-0.05, 0) is 63.8 Å². The van der Waals surface area contributed by atoms with Gasteiger partial charge in [-0.1, -0.05) is 170 Å². The van der Waals surface area contributed by atoms with Crippen molar-refractivity contribution < 1.29 is 0 Å². The first-order chi connectivity index (χ1) is 22.6. The molecule has 0 saturated carbocycles. The predicted octanol–water partition coefficient (Wildman–Crippen LogP) is 8.68. The molecule has 0 bridgehead atoms. The number of hydrogen-bond donors (Lipinski definition) is 0. The van der Waals surface area contributed by atoms with Gasteiger partial charge in [-0.3, -0.25) is 0 Å². The van der Waals surface area contributed by atoms with Crippen LogP contribution in [0.4, 0.5) is 0 Å². The minimum atomic E-state index is -3.28. The minimum Gasteiger partial charge on any atom is -0.138 e. The molecule has 0 aliphatic heterocycles. The molecule has 0 spiro atoms. The van der Waals surface area contributed by atoms with Crippen LogP contribution < -0.4 is 20.7 Å². The maximum Gasteiger partial charge on any atom is 0.294 e. The Morgan fingerprint density at radius 3 is 0.761 bits per heavy atom. The normalized spacial score (nSPS) is 12.0. The highest BCUT2D eigenvalue weighted by molar-refractivity contribution is 7.42. The van der Waals surface area contributed by atoms with Crippen molar-refractivity contribution in [2.75, 3.05) is 0 Å². The summed E-state index contributed by atoms with van der Waals surface area (Å²) in [6.07, 6.45) is 0. The lowest BCUT2D eigenvalue weighted by atomic mass is 10.1. The molecule has 0 amide bonds. The third kappa shape index (κ3) is 4.76. The Balaban J connectivity index is 1.49. The van der Waals surface area contributed by atoms with Gasteiger partial charge in [0.05, 0.1) is 0 Å². The van der Waals surface area contributed by atoms with Gasteiger partial charge in [0.2, 0.25) is 0 Å². The average Bonchev–Trinajstić information content (AvgIpc) is 3.12. The number of rotatable bonds is 4. The lowest BCUT2D eigenvalue weighted by molar-refractivity contribution is 1.76. The number of hydrogen-bond acceptors (Lipinski definition) is 0. The van der Waals surface area contributed by atoms with E-state index < -0.39 is 14.8 Å². The van der Waals surface area contributed by atoms with Gasteiger partial charge in [0.15, 0.2) is 0 Å². The molecule has 0 heterocycles.